The summed E-state index contributed by atoms with van der Waals surface area (Å²) in [5.41, 5.74) is 7.85. The van der Waals surface area contributed by atoms with Gasteiger partial charge in [0.05, 0.1) is 17.0 Å². The minimum atomic E-state index is -3.37. The molecule has 0 saturated carbocycles. The molecule has 2 atom stereocenters. The molecule has 0 bridgehead atoms. The van der Waals surface area contributed by atoms with Crippen LogP contribution in [-0.2, 0) is 9.98 Å². The molecule has 0 amide bonds. The molecule has 2 aliphatic rings. The molecular formula is C44H26NO2PS. The van der Waals surface area contributed by atoms with E-state index in [1.54, 1.807) is 11.8 Å². The van der Waals surface area contributed by atoms with Crippen LogP contribution >= 0.6 is 18.9 Å². The SMILES string of the molecule is N#Cc1cccc(-c2ccc3c(c2)Sc2ccccc2C32c3ccccc3P(=O)(c3ccccc3)c3cc4oc5ccccc5c4cc32)c1. The van der Waals surface area contributed by atoms with Crippen LogP contribution in [0.5, 0.6) is 0 Å². The molecule has 0 aliphatic carbocycles. The molecule has 7 aromatic carbocycles. The van der Waals surface area contributed by atoms with Gasteiger partial charge in [-0.1, -0.05) is 127 Å². The van der Waals surface area contributed by atoms with Crippen LogP contribution in [0.3, 0.4) is 0 Å². The highest BCUT2D eigenvalue weighted by atomic mass is 32.2. The van der Waals surface area contributed by atoms with E-state index in [0.29, 0.717) is 5.56 Å². The number of hydrogen-bond acceptors (Lipinski definition) is 4. The largest absolute Gasteiger partial charge is 0.456 e. The van der Waals surface area contributed by atoms with E-state index in [2.05, 4.69) is 91.0 Å². The summed E-state index contributed by atoms with van der Waals surface area (Å²) >= 11 is 1.77. The van der Waals surface area contributed by atoms with E-state index in [-0.39, 0.29) is 0 Å². The van der Waals surface area contributed by atoms with Crippen LogP contribution in [0.25, 0.3) is 33.1 Å². The molecule has 49 heavy (non-hydrogen) atoms. The van der Waals surface area contributed by atoms with E-state index in [9.17, 15) is 5.26 Å². The first-order valence-corrected chi connectivity index (χ1v) is 18.8. The summed E-state index contributed by atoms with van der Waals surface area (Å²) in [6, 6.07) is 56.2. The minimum absolute atomic E-state index is 0.632. The Morgan fingerprint density at radius 2 is 1.29 bits per heavy atom. The van der Waals surface area contributed by atoms with Gasteiger partial charge in [0.15, 0.2) is 7.14 Å². The summed E-state index contributed by atoms with van der Waals surface area (Å²) in [5, 5.41) is 14.1. The number of nitrogens with zero attached hydrogens (tertiary/aromatic N) is 1. The molecule has 1 spiro atoms. The normalized spacial score (nSPS) is 18.8. The molecule has 3 heterocycles. The highest BCUT2D eigenvalue weighted by Gasteiger charge is 2.54. The molecule has 10 rings (SSSR count). The molecule has 5 heteroatoms. The van der Waals surface area contributed by atoms with Crippen LogP contribution in [-0.4, -0.2) is 0 Å². The second kappa shape index (κ2) is 10.5. The van der Waals surface area contributed by atoms with Crippen molar-refractivity contribution in [2.75, 3.05) is 0 Å². The van der Waals surface area contributed by atoms with Crippen molar-refractivity contribution in [1.29, 1.82) is 5.26 Å². The Labute approximate surface area is 287 Å². The first-order chi connectivity index (χ1) is 24.1. The Bertz CT molecular complexity index is 2760. The predicted octanol–water partition coefficient (Wildman–Crippen LogP) is 9.92. The zero-order chi connectivity index (χ0) is 32.7. The quantitative estimate of drug-likeness (QED) is 0.173. The maximum absolute atomic E-state index is 16.2. The molecule has 3 nitrogen and oxygen atoms in total. The zero-order valence-corrected chi connectivity index (χ0v) is 27.8. The fraction of sp³-hybridized carbons (Fsp3) is 0.0227. The first kappa shape index (κ1) is 28.4. The van der Waals surface area contributed by atoms with Gasteiger partial charge in [0, 0.05) is 36.5 Å². The topological polar surface area (TPSA) is 54.0 Å². The first-order valence-electron chi connectivity index (χ1n) is 16.3. The van der Waals surface area contributed by atoms with Gasteiger partial charge >= 0.3 is 0 Å². The van der Waals surface area contributed by atoms with Crippen molar-refractivity contribution in [3.63, 3.8) is 0 Å². The van der Waals surface area contributed by atoms with Crippen molar-refractivity contribution >= 4 is 56.8 Å². The molecule has 0 N–H and O–H groups in total. The Balaban J connectivity index is 1.38. The van der Waals surface area contributed by atoms with Crippen LogP contribution in [0.1, 0.15) is 27.8 Å². The van der Waals surface area contributed by atoms with Gasteiger partial charge in [0.25, 0.3) is 0 Å². The van der Waals surface area contributed by atoms with E-state index in [0.717, 1.165) is 75.5 Å². The average Bonchev–Trinajstić information content (AvgIpc) is 3.54. The highest BCUT2D eigenvalue weighted by Crippen LogP contribution is 2.62. The fourth-order valence-electron chi connectivity index (χ4n) is 8.15. The number of para-hydroxylation sites is 1. The monoisotopic (exact) mass is 663 g/mol. The standard InChI is InChI=1S/C44H26NO2PS/c45-27-28-11-10-12-29(23-28)30-21-22-36-43(24-30)49-42-20-9-6-17-35(42)44(36)34-16-5-8-19-40(34)48(46,31-13-2-1-3-14-31)41-26-39-33(25-37(41)44)32-15-4-7-18-38(32)47-39/h1-26H. The van der Waals surface area contributed by atoms with Gasteiger partial charge in [-0.3, -0.25) is 0 Å². The van der Waals surface area contributed by atoms with Gasteiger partial charge in [-0.15, -0.1) is 0 Å². The molecule has 0 fully saturated rings. The van der Waals surface area contributed by atoms with Crippen molar-refractivity contribution < 1.29 is 8.98 Å². The van der Waals surface area contributed by atoms with Gasteiger partial charge in [-0.05, 0) is 75.8 Å². The minimum Gasteiger partial charge on any atom is -0.456 e. The Kier molecular flexibility index (Phi) is 6.06. The number of hydrogen-bond donors (Lipinski definition) is 0. The number of rotatable bonds is 2. The molecule has 2 unspecified atom stereocenters. The molecule has 8 aromatic rings. The third kappa shape index (κ3) is 3.83. The lowest BCUT2D eigenvalue weighted by molar-refractivity contribution is 0.589. The lowest BCUT2D eigenvalue weighted by atomic mass is 9.64. The molecule has 2 aliphatic heterocycles. The van der Waals surface area contributed by atoms with Crippen molar-refractivity contribution in [1.82, 2.24) is 0 Å². The van der Waals surface area contributed by atoms with Gasteiger partial charge in [-0.2, -0.15) is 5.26 Å². The van der Waals surface area contributed by atoms with E-state index in [4.69, 9.17) is 4.42 Å². The second-order valence-electron chi connectivity index (χ2n) is 12.7. The van der Waals surface area contributed by atoms with E-state index >= 15 is 4.57 Å². The molecular weight excluding hydrogens is 638 g/mol. The van der Waals surface area contributed by atoms with Gasteiger partial charge in [-0.25, -0.2) is 0 Å². The lowest BCUT2D eigenvalue weighted by Crippen LogP contribution is -2.48. The Morgan fingerprint density at radius 3 is 2.16 bits per heavy atom. The van der Waals surface area contributed by atoms with E-state index in [1.165, 1.54) is 5.56 Å². The third-order valence-corrected chi connectivity index (χ3v) is 14.5. The van der Waals surface area contributed by atoms with Crippen LogP contribution in [0.15, 0.2) is 172 Å². The van der Waals surface area contributed by atoms with Crippen molar-refractivity contribution in [3.8, 4) is 17.2 Å². The summed E-state index contributed by atoms with van der Waals surface area (Å²) in [6.45, 7) is 0. The smallest absolute Gasteiger partial charge is 0.171 e. The summed E-state index contributed by atoms with van der Waals surface area (Å²) in [5.74, 6) is 0. The maximum Gasteiger partial charge on any atom is 0.171 e. The Hall–Kier alpha value is -5.59. The molecule has 0 saturated heterocycles. The van der Waals surface area contributed by atoms with Crippen molar-refractivity contribution in [2.45, 2.75) is 15.2 Å². The zero-order valence-electron chi connectivity index (χ0n) is 26.1. The van der Waals surface area contributed by atoms with Crippen LogP contribution in [0, 0.1) is 11.3 Å². The number of nitriles is 1. The number of benzene rings is 7. The average molecular weight is 664 g/mol. The lowest BCUT2D eigenvalue weighted by Gasteiger charge is -2.47. The van der Waals surface area contributed by atoms with Gasteiger partial charge in [0.2, 0.25) is 0 Å². The molecule has 0 radical (unpaired) electrons. The molecule has 1 aromatic heterocycles. The summed E-state index contributed by atoms with van der Waals surface area (Å²) in [7, 11) is -3.37. The third-order valence-electron chi connectivity index (χ3n) is 10.2. The van der Waals surface area contributed by atoms with Crippen LogP contribution < -0.4 is 15.9 Å². The van der Waals surface area contributed by atoms with E-state index in [1.807, 2.05) is 72.8 Å². The van der Waals surface area contributed by atoms with E-state index < -0.39 is 12.6 Å². The van der Waals surface area contributed by atoms with Crippen LogP contribution in [0.2, 0.25) is 0 Å². The van der Waals surface area contributed by atoms with Crippen molar-refractivity contribution in [3.05, 3.63) is 186 Å². The fourth-order valence-corrected chi connectivity index (χ4v) is 12.5. The summed E-state index contributed by atoms with van der Waals surface area (Å²) in [6.07, 6.45) is 0. The number of furan rings is 1. The summed E-state index contributed by atoms with van der Waals surface area (Å²) in [4.78, 5) is 2.29. The second-order valence-corrected chi connectivity index (χ2v) is 16.5. The van der Waals surface area contributed by atoms with Crippen LogP contribution in [0.4, 0.5) is 0 Å². The number of fused-ring (bicyclic) bond motifs is 11. The molecule has 230 valence electrons. The van der Waals surface area contributed by atoms with Gasteiger partial charge < -0.3 is 8.98 Å². The predicted molar refractivity (Wildman–Crippen MR) is 199 cm³/mol. The maximum atomic E-state index is 16.2. The highest BCUT2D eigenvalue weighted by molar-refractivity contribution is 7.99. The summed E-state index contributed by atoms with van der Waals surface area (Å²) < 4.78 is 22.7. The van der Waals surface area contributed by atoms with Gasteiger partial charge in [0.1, 0.15) is 11.2 Å². The van der Waals surface area contributed by atoms with Crippen molar-refractivity contribution in [2.24, 2.45) is 0 Å². The Morgan fingerprint density at radius 1 is 0.551 bits per heavy atom.